The molecule has 4 N–H and O–H groups in total. The van der Waals surface area contributed by atoms with Crippen LogP contribution in [0.5, 0.6) is 0 Å². The van der Waals surface area contributed by atoms with Crippen LogP contribution in [0.3, 0.4) is 0 Å². The number of carboxylic acid groups (broad SMARTS) is 1. The van der Waals surface area contributed by atoms with Crippen molar-refractivity contribution in [2.75, 3.05) is 10.6 Å². The molecule has 0 spiro atoms. The van der Waals surface area contributed by atoms with Crippen LogP contribution in [0.2, 0.25) is 5.28 Å². The number of anilines is 3. The summed E-state index contributed by atoms with van der Waals surface area (Å²) < 4.78 is 33.7. The van der Waals surface area contributed by atoms with Gasteiger partial charge in [-0.2, -0.15) is 23.4 Å². The van der Waals surface area contributed by atoms with Gasteiger partial charge in [-0.3, -0.25) is 9.35 Å². The Morgan fingerprint density at radius 1 is 1.11 bits per heavy atom. The summed E-state index contributed by atoms with van der Waals surface area (Å²) in [5.74, 6) is -1.39. The van der Waals surface area contributed by atoms with Crippen LogP contribution in [0.4, 0.5) is 17.6 Å². The maximum absolute atomic E-state index is 12.0. The zero-order valence-electron chi connectivity index (χ0n) is 14.3. The number of halogens is 1. The highest BCUT2D eigenvalue weighted by Crippen LogP contribution is 2.32. The van der Waals surface area contributed by atoms with Gasteiger partial charge in [0.05, 0.1) is 5.69 Å². The number of aromatic nitrogens is 3. The minimum Gasteiger partial charge on any atom is -0.480 e. The normalized spacial score (nSPS) is 12.5. The Labute approximate surface area is 164 Å². The number of rotatable bonds is 6. The second-order valence-electron chi connectivity index (χ2n) is 5.72. The van der Waals surface area contributed by atoms with Crippen molar-refractivity contribution in [2.24, 2.45) is 0 Å². The van der Waals surface area contributed by atoms with Gasteiger partial charge >= 0.3 is 5.97 Å². The molecule has 3 aromatic rings. The van der Waals surface area contributed by atoms with Crippen LogP contribution in [0.15, 0.2) is 41.3 Å². The van der Waals surface area contributed by atoms with Crippen molar-refractivity contribution in [3.8, 4) is 0 Å². The van der Waals surface area contributed by atoms with E-state index < -0.39 is 22.1 Å². The van der Waals surface area contributed by atoms with Crippen molar-refractivity contribution in [1.82, 2.24) is 15.0 Å². The number of carboxylic acids is 1. The van der Waals surface area contributed by atoms with Gasteiger partial charge < -0.3 is 15.7 Å². The van der Waals surface area contributed by atoms with Crippen LogP contribution in [0.1, 0.15) is 6.92 Å². The number of nitrogens with zero attached hydrogens (tertiary/aromatic N) is 3. The minimum absolute atomic E-state index is 0.0145. The summed E-state index contributed by atoms with van der Waals surface area (Å²) in [6.45, 7) is 1.38. The predicted molar refractivity (Wildman–Crippen MR) is 103 cm³/mol. The van der Waals surface area contributed by atoms with Crippen molar-refractivity contribution >= 4 is 56.0 Å². The van der Waals surface area contributed by atoms with Crippen LogP contribution >= 0.6 is 11.6 Å². The van der Waals surface area contributed by atoms with Gasteiger partial charge in [0.1, 0.15) is 10.9 Å². The van der Waals surface area contributed by atoms with E-state index in [1.807, 2.05) is 0 Å². The summed E-state index contributed by atoms with van der Waals surface area (Å²) in [4.78, 5) is 22.2. The molecule has 0 bridgehead atoms. The molecule has 0 saturated heterocycles. The zero-order chi connectivity index (χ0) is 20.5. The van der Waals surface area contributed by atoms with E-state index in [2.05, 4.69) is 25.6 Å². The summed E-state index contributed by atoms with van der Waals surface area (Å²) in [6.07, 6.45) is 0. The van der Waals surface area contributed by atoms with E-state index in [1.165, 1.54) is 13.0 Å². The van der Waals surface area contributed by atoms with Crippen LogP contribution < -0.4 is 10.6 Å². The fourth-order valence-corrected chi connectivity index (χ4v) is 3.49. The van der Waals surface area contributed by atoms with Gasteiger partial charge in [-0.15, -0.1) is 0 Å². The fraction of sp³-hybridized carbons (Fsp3) is 0.125. The molecule has 1 aromatic heterocycles. The van der Waals surface area contributed by atoms with E-state index in [0.717, 1.165) is 0 Å². The standard InChI is InChI=1S/C16H14ClN5O5S/c1-8(13(23)24)18-15-20-14(17)21-16(22-15)19-11-7-6-9-4-2-3-5-10(9)12(11)28(25,26)27/h2-8H,1H3,(H,23,24)(H,25,26,27)(H2,18,19,20,21,22). The molecule has 10 nitrogen and oxygen atoms in total. The van der Waals surface area contributed by atoms with E-state index in [-0.39, 0.29) is 27.8 Å². The van der Waals surface area contributed by atoms with E-state index in [1.54, 1.807) is 30.3 Å². The maximum Gasteiger partial charge on any atom is 0.325 e. The lowest BCUT2D eigenvalue weighted by molar-refractivity contribution is -0.137. The molecule has 12 heteroatoms. The quantitative estimate of drug-likeness (QED) is 0.434. The van der Waals surface area contributed by atoms with Crippen molar-refractivity contribution in [2.45, 2.75) is 17.9 Å². The largest absolute Gasteiger partial charge is 0.480 e. The van der Waals surface area contributed by atoms with Gasteiger partial charge in [0.2, 0.25) is 17.2 Å². The van der Waals surface area contributed by atoms with E-state index in [0.29, 0.717) is 10.8 Å². The number of benzene rings is 2. The number of carbonyl (C=O) groups is 1. The Bertz CT molecular complexity index is 1170. The first-order chi connectivity index (χ1) is 13.1. The molecular weight excluding hydrogens is 410 g/mol. The second-order valence-corrected chi connectivity index (χ2v) is 7.42. The third-order valence-corrected chi connectivity index (χ3v) is 4.83. The Kier molecular flexibility index (Phi) is 5.31. The maximum atomic E-state index is 12.0. The predicted octanol–water partition coefficient (Wildman–Crippen LogP) is 2.55. The van der Waals surface area contributed by atoms with Crippen LogP contribution in [-0.2, 0) is 14.9 Å². The minimum atomic E-state index is -4.59. The monoisotopic (exact) mass is 423 g/mol. The van der Waals surface area contributed by atoms with Gasteiger partial charge in [0, 0.05) is 5.39 Å². The lowest BCUT2D eigenvalue weighted by Gasteiger charge is -2.13. The smallest absolute Gasteiger partial charge is 0.325 e. The Balaban J connectivity index is 2.06. The molecule has 0 aliphatic carbocycles. The molecule has 146 valence electrons. The Morgan fingerprint density at radius 2 is 1.79 bits per heavy atom. The van der Waals surface area contributed by atoms with Gasteiger partial charge in [0.15, 0.2) is 0 Å². The SMILES string of the molecule is CC(Nc1nc(Cl)nc(Nc2ccc3ccccc3c2S(=O)(=O)O)n1)C(=O)O. The molecular formula is C16H14ClN5O5S. The van der Waals surface area contributed by atoms with E-state index >= 15 is 0 Å². The summed E-state index contributed by atoms with van der Waals surface area (Å²) in [7, 11) is -4.59. The third kappa shape index (κ3) is 4.27. The highest BCUT2D eigenvalue weighted by molar-refractivity contribution is 7.86. The molecule has 1 atom stereocenters. The van der Waals surface area contributed by atoms with Crippen LogP contribution in [-0.4, -0.2) is 45.0 Å². The zero-order valence-corrected chi connectivity index (χ0v) is 15.9. The van der Waals surface area contributed by atoms with Crippen molar-refractivity contribution < 1.29 is 22.9 Å². The number of hydrogen-bond acceptors (Lipinski definition) is 8. The average Bonchev–Trinajstić information content (AvgIpc) is 2.59. The summed E-state index contributed by atoms with van der Waals surface area (Å²) in [5, 5.41) is 14.8. The van der Waals surface area contributed by atoms with Crippen LogP contribution in [0, 0.1) is 0 Å². The summed E-state index contributed by atoms with van der Waals surface area (Å²) in [5.41, 5.74) is 0.0145. The summed E-state index contributed by atoms with van der Waals surface area (Å²) >= 11 is 5.85. The molecule has 2 aromatic carbocycles. The number of fused-ring (bicyclic) bond motifs is 1. The number of aliphatic carboxylic acids is 1. The Hall–Kier alpha value is -3.02. The second kappa shape index (κ2) is 7.54. The fourth-order valence-electron chi connectivity index (χ4n) is 2.47. The van der Waals surface area contributed by atoms with Gasteiger partial charge in [-0.1, -0.05) is 30.3 Å². The number of hydrogen-bond donors (Lipinski definition) is 4. The van der Waals surface area contributed by atoms with Crippen molar-refractivity contribution in [3.63, 3.8) is 0 Å². The molecule has 0 radical (unpaired) electrons. The number of nitrogens with one attached hydrogen (secondary N) is 2. The molecule has 0 aliphatic heterocycles. The lowest BCUT2D eigenvalue weighted by Crippen LogP contribution is -2.26. The topological polar surface area (TPSA) is 154 Å². The molecule has 3 rings (SSSR count). The first-order valence-corrected chi connectivity index (χ1v) is 9.64. The highest BCUT2D eigenvalue weighted by Gasteiger charge is 2.21. The first kappa shape index (κ1) is 19.7. The van der Waals surface area contributed by atoms with Crippen molar-refractivity contribution in [3.05, 3.63) is 41.7 Å². The van der Waals surface area contributed by atoms with Gasteiger partial charge in [0.25, 0.3) is 10.1 Å². The van der Waals surface area contributed by atoms with Crippen molar-refractivity contribution in [1.29, 1.82) is 0 Å². The molecule has 0 fully saturated rings. The molecule has 28 heavy (non-hydrogen) atoms. The summed E-state index contributed by atoms with van der Waals surface area (Å²) in [6, 6.07) is 8.71. The molecule has 1 heterocycles. The first-order valence-electron chi connectivity index (χ1n) is 7.82. The molecule has 1 unspecified atom stereocenters. The van der Waals surface area contributed by atoms with Crippen LogP contribution in [0.25, 0.3) is 10.8 Å². The van der Waals surface area contributed by atoms with E-state index in [4.69, 9.17) is 16.7 Å². The van der Waals surface area contributed by atoms with Gasteiger partial charge in [-0.05, 0) is 30.0 Å². The Morgan fingerprint density at radius 3 is 2.46 bits per heavy atom. The van der Waals surface area contributed by atoms with Gasteiger partial charge in [-0.25, -0.2) is 0 Å². The highest BCUT2D eigenvalue weighted by atomic mass is 35.5. The molecule has 0 aliphatic rings. The third-order valence-electron chi connectivity index (χ3n) is 3.71. The lowest BCUT2D eigenvalue weighted by atomic mass is 10.1. The average molecular weight is 424 g/mol. The molecule has 0 amide bonds. The van der Waals surface area contributed by atoms with E-state index in [9.17, 15) is 17.8 Å². The molecule has 0 saturated carbocycles.